The Hall–Kier alpha value is -4.84. The predicted octanol–water partition coefficient (Wildman–Crippen LogP) is 5.53. The first-order chi connectivity index (χ1) is 22.7. The molecule has 0 spiro atoms. The minimum atomic E-state index is -1.22. The Morgan fingerprint density at radius 2 is 1.41 bits per heavy atom. The normalized spacial score (nSPS) is 13.4. The van der Waals surface area contributed by atoms with Crippen LogP contribution in [0.3, 0.4) is 0 Å². The number of rotatable bonds is 12. The molecule has 262 valence electrons. The van der Waals surface area contributed by atoms with Gasteiger partial charge in [-0.2, -0.15) is 0 Å². The minimum Gasteiger partial charge on any atom is -0.474 e. The van der Waals surface area contributed by atoms with Crippen molar-refractivity contribution in [2.24, 2.45) is 5.73 Å². The topological polar surface area (TPSA) is 154 Å². The summed E-state index contributed by atoms with van der Waals surface area (Å²) in [6.45, 7) is 18.1. The third-order valence-corrected chi connectivity index (χ3v) is 8.54. The van der Waals surface area contributed by atoms with E-state index in [9.17, 15) is 19.2 Å². The summed E-state index contributed by atoms with van der Waals surface area (Å²) < 4.78 is 13.8. The molecule has 0 saturated heterocycles. The van der Waals surface area contributed by atoms with E-state index < -0.39 is 52.6 Å². The molecule has 11 nitrogen and oxygen atoms in total. The average molecular weight is 690 g/mol. The second kappa shape index (κ2) is 14.3. The molecule has 2 atom stereocenters. The van der Waals surface area contributed by atoms with Crippen LogP contribution in [0.15, 0.2) is 72.6 Å². The number of para-hydroxylation sites is 1. The van der Waals surface area contributed by atoms with Crippen molar-refractivity contribution in [1.82, 2.24) is 20.5 Å². The van der Waals surface area contributed by atoms with Gasteiger partial charge in [0.05, 0.1) is 5.52 Å². The molecule has 0 unspecified atom stereocenters. The number of benzene rings is 2. The van der Waals surface area contributed by atoms with Gasteiger partial charge < -0.3 is 31.2 Å². The molecule has 5 N–H and O–H groups in total. The predicted molar refractivity (Wildman–Crippen MR) is 193 cm³/mol. The second-order valence-corrected chi connectivity index (χ2v) is 15.5. The lowest BCUT2D eigenvalue weighted by Crippen LogP contribution is -2.60. The maximum absolute atomic E-state index is 14.0. The van der Waals surface area contributed by atoms with Crippen molar-refractivity contribution < 1.29 is 28.7 Å². The fraction of sp³-hybridized carbons (Fsp3) is 0.405. The summed E-state index contributed by atoms with van der Waals surface area (Å²) in [5, 5.41) is 12.3. The SMILES string of the molecule is C=C(NC(C)(C)C(=O)N[C@H](Cc1csc2ccccc12)C(=O)N[C@H](Cc1cn(C(=O)OC(C)(C)C)c2ccccc12)C(N)=O)OC(C)(C)C. The van der Waals surface area contributed by atoms with Gasteiger partial charge in [0.1, 0.15) is 28.8 Å². The summed E-state index contributed by atoms with van der Waals surface area (Å²) in [6, 6.07) is 12.8. The summed E-state index contributed by atoms with van der Waals surface area (Å²) in [6.07, 6.45) is 1.17. The van der Waals surface area contributed by atoms with Crippen molar-refractivity contribution in [2.45, 2.75) is 97.1 Å². The van der Waals surface area contributed by atoms with Crippen molar-refractivity contribution in [3.63, 3.8) is 0 Å². The van der Waals surface area contributed by atoms with E-state index in [0.29, 0.717) is 16.5 Å². The summed E-state index contributed by atoms with van der Waals surface area (Å²) >= 11 is 1.54. The van der Waals surface area contributed by atoms with Gasteiger partial charge in [-0.3, -0.25) is 19.0 Å². The molecular weight excluding hydrogens is 643 g/mol. The Bertz CT molecular complexity index is 1880. The molecule has 0 aliphatic rings. The Kier molecular flexibility index (Phi) is 10.8. The first kappa shape index (κ1) is 37.0. The van der Waals surface area contributed by atoms with Gasteiger partial charge in [0.15, 0.2) is 5.88 Å². The summed E-state index contributed by atoms with van der Waals surface area (Å²) in [4.78, 5) is 53.6. The van der Waals surface area contributed by atoms with E-state index in [1.807, 2.05) is 62.5 Å². The number of hydrogen-bond donors (Lipinski definition) is 4. The molecule has 4 rings (SSSR count). The third kappa shape index (κ3) is 9.62. The smallest absolute Gasteiger partial charge is 0.419 e. The fourth-order valence-corrected chi connectivity index (χ4v) is 6.32. The third-order valence-electron chi connectivity index (χ3n) is 7.52. The molecule has 0 radical (unpaired) electrons. The summed E-state index contributed by atoms with van der Waals surface area (Å²) in [5.41, 5.74) is 5.42. The molecular formula is C37H47N5O6S. The Morgan fingerprint density at radius 1 is 0.816 bits per heavy atom. The zero-order chi connectivity index (χ0) is 36.3. The Balaban J connectivity index is 1.62. The first-order valence-corrected chi connectivity index (χ1v) is 17.0. The van der Waals surface area contributed by atoms with Gasteiger partial charge in [-0.05, 0) is 96.0 Å². The number of thiophene rings is 1. The number of carbonyl (C=O) groups excluding carboxylic acids is 4. The van der Waals surface area contributed by atoms with E-state index in [1.165, 1.54) is 15.9 Å². The van der Waals surface area contributed by atoms with E-state index in [-0.39, 0.29) is 18.7 Å². The van der Waals surface area contributed by atoms with Crippen molar-refractivity contribution in [3.8, 4) is 0 Å². The molecule has 4 aromatic rings. The van der Waals surface area contributed by atoms with Gasteiger partial charge in [0.2, 0.25) is 17.7 Å². The number of primary amides is 1. The Labute approximate surface area is 291 Å². The van der Waals surface area contributed by atoms with Crippen LogP contribution in [0.2, 0.25) is 0 Å². The molecule has 49 heavy (non-hydrogen) atoms. The highest BCUT2D eigenvalue weighted by Crippen LogP contribution is 2.28. The molecule has 2 aromatic carbocycles. The van der Waals surface area contributed by atoms with Crippen LogP contribution in [-0.2, 0) is 36.7 Å². The van der Waals surface area contributed by atoms with E-state index in [0.717, 1.165) is 15.6 Å². The zero-order valence-electron chi connectivity index (χ0n) is 29.4. The molecule has 0 aliphatic carbocycles. The van der Waals surface area contributed by atoms with Gasteiger partial charge in [-0.1, -0.05) is 36.4 Å². The van der Waals surface area contributed by atoms with Crippen molar-refractivity contribution >= 4 is 56.1 Å². The molecule has 3 amide bonds. The van der Waals surface area contributed by atoms with Crippen LogP contribution in [0.25, 0.3) is 21.0 Å². The van der Waals surface area contributed by atoms with Gasteiger partial charge >= 0.3 is 6.09 Å². The van der Waals surface area contributed by atoms with Crippen LogP contribution in [0.5, 0.6) is 0 Å². The van der Waals surface area contributed by atoms with Crippen LogP contribution in [0.4, 0.5) is 4.79 Å². The number of aromatic nitrogens is 1. The van der Waals surface area contributed by atoms with Crippen molar-refractivity contribution in [3.05, 3.63) is 83.7 Å². The standard InChI is InChI=1S/C37H47N5O6S/c1-22(47-35(2,3)4)41-37(8,9)33(45)40-28(19-24-21-49-30-17-13-11-15-26(24)30)32(44)39-27(31(38)43)18-23-20-42(34(46)48-36(5,6)7)29-16-12-10-14-25(23)29/h10-17,20-21,27-28,41H,1,18-19H2,2-9H3,(H2,38,43)(H,39,44)(H,40,45)/t27-,28-/m1/s1. The quantitative estimate of drug-likeness (QED) is 0.143. The van der Waals surface area contributed by atoms with E-state index in [4.69, 9.17) is 15.2 Å². The molecule has 2 aromatic heterocycles. The highest BCUT2D eigenvalue weighted by molar-refractivity contribution is 7.17. The molecule has 0 fully saturated rings. The highest BCUT2D eigenvalue weighted by Gasteiger charge is 2.34. The lowest BCUT2D eigenvalue weighted by atomic mass is 9.99. The number of nitrogens with one attached hydrogen (secondary N) is 3. The fourth-order valence-electron chi connectivity index (χ4n) is 5.35. The largest absolute Gasteiger partial charge is 0.474 e. The van der Waals surface area contributed by atoms with Gasteiger partial charge in [-0.15, -0.1) is 11.3 Å². The molecule has 12 heteroatoms. The highest BCUT2D eigenvalue weighted by atomic mass is 32.1. The molecule has 0 aliphatic heterocycles. The maximum atomic E-state index is 14.0. The lowest BCUT2D eigenvalue weighted by molar-refractivity contribution is -0.133. The first-order valence-electron chi connectivity index (χ1n) is 16.1. The second-order valence-electron chi connectivity index (χ2n) is 14.6. The number of carbonyl (C=O) groups is 4. The maximum Gasteiger partial charge on any atom is 0.419 e. The lowest BCUT2D eigenvalue weighted by Gasteiger charge is -2.32. The zero-order valence-corrected chi connectivity index (χ0v) is 30.2. The van der Waals surface area contributed by atoms with Crippen LogP contribution < -0.4 is 21.7 Å². The summed E-state index contributed by atoms with van der Waals surface area (Å²) in [5.74, 6) is -1.64. The van der Waals surface area contributed by atoms with E-state index in [1.54, 1.807) is 52.9 Å². The number of ether oxygens (including phenoxy) is 2. The summed E-state index contributed by atoms with van der Waals surface area (Å²) in [7, 11) is 0. The van der Waals surface area contributed by atoms with Crippen molar-refractivity contribution in [1.29, 1.82) is 0 Å². The minimum absolute atomic E-state index is 0.00352. The number of hydrogen-bond acceptors (Lipinski definition) is 8. The van der Waals surface area contributed by atoms with Crippen LogP contribution >= 0.6 is 11.3 Å². The van der Waals surface area contributed by atoms with Gasteiger partial charge in [-0.25, -0.2) is 4.79 Å². The molecule has 0 saturated carbocycles. The number of amides is 3. The molecule has 2 heterocycles. The average Bonchev–Trinajstić information content (AvgIpc) is 3.55. The Morgan fingerprint density at radius 3 is 2.04 bits per heavy atom. The van der Waals surface area contributed by atoms with Crippen LogP contribution in [-0.4, -0.2) is 57.2 Å². The van der Waals surface area contributed by atoms with Crippen LogP contribution in [0.1, 0.15) is 66.5 Å². The number of nitrogens with zero attached hydrogens (tertiary/aromatic N) is 1. The van der Waals surface area contributed by atoms with Gasteiger partial charge in [0, 0.05) is 29.1 Å². The number of nitrogens with two attached hydrogens (primary N) is 1. The number of fused-ring (bicyclic) bond motifs is 2. The van der Waals surface area contributed by atoms with Crippen LogP contribution in [0, 0.1) is 0 Å². The van der Waals surface area contributed by atoms with Crippen molar-refractivity contribution in [2.75, 3.05) is 0 Å². The van der Waals surface area contributed by atoms with E-state index >= 15 is 0 Å². The van der Waals surface area contributed by atoms with E-state index in [2.05, 4.69) is 22.5 Å². The monoisotopic (exact) mass is 689 g/mol. The molecule has 0 bridgehead atoms. The van der Waals surface area contributed by atoms with Gasteiger partial charge in [0.25, 0.3) is 0 Å².